The number of hydrogen-bond donors (Lipinski definition) is 8. The molecule has 2 unspecified atom stereocenters. The van der Waals surface area contributed by atoms with Crippen molar-refractivity contribution in [1.29, 1.82) is 0 Å². The van der Waals surface area contributed by atoms with E-state index in [0.717, 1.165) is 21.8 Å². The Morgan fingerprint density at radius 2 is 2.07 bits per heavy atom. The van der Waals surface area contributed by atoms with Gasteiger partial charge in [-0.05, 0) is 12.5 Å². The van der Waals surface area contributed by atoms with Gasteiger partial charge in [-0.2, -0.15) is 4.98 Å². The average Bonchev–Trinajstić information content (AvgIpc) is 3.64. The number of hydrogen-bond acceptors (Lipinski definition) is 15. The van der Waals surface area contributed by atoms with Crippen LogP contribution in [0.5, 0.6) is 0 Å². The highest BCUT2D eigenvalue weighted by Crippen LogP contribution is 2.60. The summed E-state index contributed by atoms with van der Waals surface area (Å²) in [6, 6.07) is 1.39. The third-order valence-electron chi connectivity index (χ3n) is 6.41. The maximum absolute atomic E-state index is 13.8. The van der Waals surface area contributed by atoms with Gasteiger partial charge in [-0.3, -0.25) is 28.0 Å². The van der Waals surface area contributed by atoms with Crippen molar-refractivity contribution >= 4 is 49.8 Å². The highest BCUT2D eigenvalue weighted by Gasteiger charge is 2.54. The van der Waals surface area contributed by atoms with Crippen LogP contribution in [0.25, 0.3) is 22.2 Å². The second kappa shape index (κ2) is 10.8. The van der Waals surface area contributed by atoms with Crippen molar-refractivity contribution in [3.8, 4) is 0 Å². The first kappa shape index (κ1) is 29.2. The quantitative estimate of drug-likeness (QED) is 0.0715. The Hall–Kier alpha value is -3.29. The largest absolute Gasteiger partial charge is 0.394 e. The number of nitrogens with one attached hydrogen (secondary N) is 1. The van der Waals surface area contributed by atoms with Crippen LogP contribution in [0.3, 0.4) is 0 Å². The van der Waals surface area contributed by atoms with Gasteiger partial charge < -0.3 is 50.4 Å². The van der Waals surface area contributed by atoms with Gasteiger partial charge in [0, 0.05) is 6.20 Å². The summed E-state index contributed by atoms with van der Waals surface area (Å²) >= 11 is 0. The van der Waals surface area contributed by atoms with E-state index in [0.29, 0.717) is 0 Å². The molecule has 1 aliphatic rings. The Morgan fingerprint density at radius 1 is 1.32 bits per heavy atom. The number of imidazole rings is 1. The molecule has 0 bridgehead atoms. The smallest absolute Gasteiger partial charge is 0.338 e. The molecule has 222 valence electrons. The van der Waals surface area contributed by atoms with Crippen LogP contribution in [-0.2, 0) is 22.9 Å². The molecule has 4 aromatic rings. The van der Waals surface area contributed by atoms with Crippen LogP contribution in [0, 0.1) is 0 Å². The number of nitrogens with zero attached hydrogens (tertiary/aromatic N) is 6. The SMILES string of the molecule is Nc1nc2c(ncn2[C@@H]2O[C@H](CO)C[C@H]2P(=O)(O)O[C@](O)(CO[PH](=O)O)[C@@H](O)n2ccc3c(N)ncnc32)c(=O)[nH]1. The van der Waals surface area contributed by atoms with E-state index in [2.05, 4.69) is 29.4 Å². The van der Waals surface area contributed by atoms with Gasteiger partial charge in [0.05, 0.1) is 24.4 Å². The number of ether oxygens (including phenoxy) is 1. The molecule has 0 saturated carbocycles. The normalized spacial score (nSPS) is 23.9. The summed E-state index contributed by atoms with van der Waals surface area (Å²) in [5.41, 5.74) is 8.89. The summed E-state index contributed by atoms with van der Waals surface area (Å²) in [4.78, 5) is 50.7. The zero-order valence-corrected chi connectivity index (χ0v) is 22.6. The molecule has 0 spiro atoms. The number of H-pyrrole nitrogens is 1. The Kier molecular flexibility index (Phi) is 7.72. The van der Waals surface area contributed by atoms with Gasteiger partial charge in [0.2, 0.25) is 11.7 Å². The third kappa shape index (κ3) is 5.38. The first-order valence-electron chi connectivity index (χ1n) is 11.7. The molecule has 1 aliphatic heterocycles. The number of anilines is 2. The van der Waals surface area contributed by atoms with Crippen LogP contribution >= 0.6 is 15.9 Å². The van der Waals surface area contributed by atoms with Crippen molar-refractivity contribution in [1.82, 2.24) is 34.1 Å². The van der Waals surface area contributed by atoms with Crippen LogP contribution in [-0.4, -0.2) is 89.9 Å². The number of rotatable bonds is 10. The number of aliphatic hydroxyl groups is 3. The lowest BCUT2D eigenvalue weighted by atomic mass is 10.2. The molecule has 22 heteroatoms. The van der Waals surface area contributed by atoms with Gasteiger partial charge in [-0.25, -0.2) is 15.0 Å². The van der Waals surface area contributed by atoms with E-state index >= 15 is 0 Å². The molecular formula is C19H25N9O11P2. The molecule has 0 radical (unpaired) electrons. The molecule has 1 saturated heterocycles. The highest BCUT2D eigenvalue weighted by atomic mass is 31.2. The zero-order chi connectivity index (χ0) is 29.7. The first-order chi connectivity index (χ1) is 19.3. The zero-order valence-electron chi connectivity index (χ0n) is 20.7. The lowest BCUT2D eigenvalue weighted by molar-refractivity contribution is -0.248. The van der Waals surface area contributed by atoms with Gasteiger partial charge in [-0.1, -0.05) is 0 Å². The minimum absolute atomic E-state index is 0.0161. The monoisotopic (exact) mass is 617 g/mol. The maximum atomic E-state index is 13.8. The molecule has 10 N–H and O–H groups in total. The lowest BCUT2D eigenvalue weighted by Crippen LogP contribution is -2.46. The molecule has 0 aromatic carbocycles. The molecule has 20 nitrogen and oxygen atoms in total. The van der Waals surface area contributed by atoms with Crippen molar-refractivity contribution in [3.63, 3.8) is 0 Å². The number of nitrogens with two attached hydrogens (primary N) is 2. The van der Waals surface area contributed by atoms with Crippen molar-refractivity contribution in [2.45, 2.75) is 36.4 Å². The van der Waals surface area contributed by atoms with E-state index < -0.39 is 64.6 Å². The van der Waals surface area contributed by atoms with E-state index in [9.17, 15) is 39.0 Å². The van der Waals surface area contributed by atoms with Crippen LogP contribution in [0.4, 0.5) is 11.8 Å². The Bertz CT molecular complexity index is 1730. The van der Waals surface area contributed by atoms with Gasteiger partial charge >= 0.3 is 15.9 Å². The van der Waals surface area contributed by atoms with E-state index in [1.165, 1.54) is 12.3 Å². The summed E-state index contributed by atoms with van der Waals surface area (Å²) in [5.74, 6) is -3.40. The first-order valence-corrected chi connectivity index (χ1v) is 14.6. The maximum Gasteiger partial charge on any atom is 0.338 e. The summed E-state index contributed by atoms with van der Waals surface area (Å²) in [6.45, 7) is -1.84. The average molecular weight is 617 g/mol. The Balaban J connectivity index is 1.54. The minimum Gasteiger partial charge on any atom is -0.394 e. The summed E-state index contributed by atoms with van der Waals surface area (Å²) in [5, 5.41) is 32.5. The molecule has 0 amide bonds. The van der Waals surface area contributed by atoms with Crippen LogP contribution < -0.4 is 17.0 Å². The van der Waals surface area contributed by atoms with Crippen molar-refractivity contribution in [2.24, 2.45) is 0 Å². The second-order valence-electron chi connectivity index (χ2n) is 9.06. The summed E-state index contributed by atoms with van der Waals surface area (Å²) < 4.78 is 42.8. The van der Waals surface area contributed by atoms with E-state index in [4.69, 9.17) is 20.7 Å². The fourth-order valence-corrected chi connectivity index (χ4v) is 6.64. The van der Waals surface area contributed by atoms with Gasteiger partial charge in [0.25, 0.3) is 5.56 Å². The van der Waals surface area contributed by atoms with Crippen molar-refractivity contribution in [3.05, 3.63) is 35.3 Å². The van der Waals surface area contributed by atoms with Crippen molar-refractivity contribution in [2.75, 3.05) is 24.7 Å². The van der Waals surface area contributed by atoms with Crippen molar-refractivity contribution < 1.29 is 48.0 Å². The molecule has 5 rings (SSSR count). The number of nitrogen functional groups attached to an aromatic ring is 2. The molecule has 1 fully saturated rings. The molecule has 0 aliphatic carbocycles. The Labute approximate surface area is 228 Å². The fourth-order valence-electron chi connectivity index (χ4n) is 4.53. The number of fused-ring (bicyclic) bond motifs is 2. The molecule has 5 heterocycles. The molecule has 4 aromatic heterocycles. The third-order valence-corrected chi connectivity index (χ3v) is 8.68. The predicted molar refractivity (Wildman–Crippen MR) is 138 cm³/mol. The van der Waals surface area contributed by atoms with Crippen LogP contribution in [0.1, 0.15) is 18.9 Å². The summed E-state index contributed by atoms with van der Waals surface area (Å²) in [6.07, 6.45) is -1.64. The standard InChI is InChI=1S/C19H25N9O11P2/c20-12-9-1-2-27(13(9)23-6-22-12)17(31)19(32,5-37-40(33)34)39-41(35,36)10-3-8(4-29)38-16(10)28-7-24-11-14(28)25-18(21)26-15(11)30/h1-2,6-8,10,16-17,29,31-32,40H,3-5H2,(H,33,34)(H,35,36)(H2,20,22,23)(H3,21,25,26,30)/t8-,10+,16+,17+,19+/m0/s1. The molecule has 7 atom stereocenters. The topological polar surface area (TPSA) is 309 Å². The van der Waals surface area contributed by atoms with E-state index in [-0.39, 0.29) is 40.4 Å². The lowest BCUT2D eigenvalue weighted by Gasteiger charge is -2.36. The second-order valence-corrected chi connectivity index (χ2v) is 11.9. The molecular weight excluding hydrogens is 592 g/mol. The highest BCUT2D eigenvalue weighted by molar-refractivity contribution is 7.53. The fraction of sp³-hybridized carbons (Fsp3) is 0.421. The number of aromatic amines is 1. The van der Waals surface area contributed by atoms with E-state index in [1.54, 1.807) is 0 Å². The van der Waals surface area contributed by atoms with Gasteiger partial charge in [-0.15, -0.1) is 0 Å². The number of aromatic nitrogens is 7. The summed E-state index contributed by atoms with van der Waals surface area (Å²) in [7, 11) is -8.89. The predicted octanol–water partition coefficient (Wildman–Crippen LogP) is -1.84. The van der Waals surface area contributed by atoms with Crippen LogP contribution in [0.2, 0.25) is 0 Å². The minimum atomic E-state index is -5.16. The Morgan fingerprint density at radius 3 is 2.78 bits per heavy atom. The van der Waals surface area contributed by atoms with Crippen LogP contribution in [0.15, 0.2) is 29.7 Å². The molecule has 41 heavy (non-hydrogen) atoms. The number of aliphatic hydroxyl groups excluding tert-OH is 2. The van der Waals surface area contributed by atoms with Gasteiger partial charge in [0.15, 0.2) is 23.6 Å². The van der Waals surface area contributed by atoms with E-state index in [1.807, 2.05) is 0 Å². The van der Waals surface area contributed by atoms with Gasteiger partial charge in [0.1, 0.15) is 30.1 Å².